The van der Waals surface area contributed by atoms with Gasteiger partial charge in [0.15, 0.2) is 0 Å². The van der Waals surface area contributed by atoms with Crippen LogP contribution in [0.3, 0.4) is 0 Å². The Labute approximate surface area is 191 Å². The van der Waals surface area contributed by atoms with Crippen molar-refractivity contribution >= 4 is 11.8 Å². The minimum atomic E-state index is -0.618. The summed E-state index contributed by atoms with van der Waals surface area (Å²) in [6, 6.07) is 28.8. The van der Waals surface area contributed by atoms with Crippen LogP contribution in [-0.2, 0) is 29.0 Å². The molecule has 2 amide bonds. The Balaban J connectivity index is 1.95. The lowest BCUT2D eigenvalue weighted by Gasteiger charge is -2.34. The van der Waals surface area contributed by atoms with Crippen LogP contribution in [0.25, 0.3) is 0 Å². The third-order valence-electron chi connectivity index (χ3n) is 5.16. The first-order valence-corrected chi connectivity index (χ1v) is 11.0. The number of benzene rings is 3. The summed E-state index contributed by atoms with van der Waals surface area (Å²) in [6.45, 7) is 6.25. The molecule has 0 aromatic heterocycles. The average Bonchev–Trinajstić information content (AvgIpc) is 2.77. The molecule has 0 radical (unpaired) electrons. The standard InChI is InChI=1S/C28H32N2O2/c1-28(2,3)29-27(32)25(19-22-13-7-4-8-14-22)30(21-24-17-11-6-12-18-24)26(31)20-23-15-9-5-10-16-23/h4-18,25H,19-21H2,1-3H3,(H,29,32)/t25-/m1/s1. The monoisotopic (exact) mass is 428 g/mol. The largest absolute Gasteiger partial charge is 0.350 e. The van der Waals surface area contributed by atoms with Crippen LogP contribution in [0.2, 0.25) is 0 Å². The van der Waals surface area contributed by atoms with Crippen LogP contribution < -0.4 is 5.32 Å². The van der Waals surface area contributed by atoms with E-state index in [4.69, 9.17) is 0 Å². The number of carbonyl (C=O) groups excluding carboxylic acids is 2. The number of hydrogen-bond acceptors (Lipinski definition) is 2. The van der Waals surface area contributed by atoms with Crippen LogP contribution in [0.5, 0.6) is 0 Å². The fourth-order valence-electron chi connectivity index (χ4n) is 3.66. The summed E-state index contributed by atoms with van der Waals surface area (Å²) >= 11 is 0. The SMILES string of the molecule is CC(C)(C)NC(=O)[C@@H](Cc1ccccc1)N(Cc1ccccc1)C(=O)Cc1ccccc1. The maximum atomic E-state index is 13.6. The fourth-order valence-corrected chi connectivity index (χ4v) is 3.66. The van der Waals surface area contributed by atoms with Crippen molar-refractivity contribution in [3.05, 3.63) is 108 Å². The van der Waals surface area contributed by atoms with E-state index in [1.165, 1.54) is 0 Å². The lowest BCUT2D eigenvalue weighted by Crippen LogP contribution is -2.54. The minimum absolute atomic E-state index is 0.0648. The number of carbonyl (C=O) groups is 2. The third kappa shape index (κ3) is 7.09. The van der Waals surface area contributed by atoms with Gasteiger partial charge in [-0.3, -0.25) is 9.59 Å². The Bertz CT molecular complexity index is 996. The van der Waals surface area contributed by atoms with E-state index < -0.39 is 11.6 Å². The zero-order valence-corrected chi connectivity index (χ0v) is 19.1. The van der Waals surface area contributed by atoms with Gasteiger partial charge in [0.25, 0.3) is 0 Å². The molecule has 166 valence electrons. The van der Waals surface area contributed by atoms with Crippen LogP contribution in [0.1, 0.15) is 37.5 Å². The third-order valence-corrected chi connectivity index (χ3v) is 5.16. The first kappa shape index (κ1) is 23.3. The summed E-state index contributed by atoms with van der Waals surface area (Å²) in [4.78, 5) is 28.7. The minimum Gasteiger partial charge on any atom is -0.350 e. The molecule has 0 bridgehead atoms. The molecule has 0 spiro atoms. The van der Waals surface area contributed by atoms with E-state index in [2.05, 4.69) is 5.32 Å². The lowest BCUT2D eigenvalue weighted by molar-refractivity contribution is -0.141. The highest BCUT2D eigenvalue weighted by Gasteiger charge is 2.32. The van der Waals surface area contributed by atoms with E-state index in [9.17, 15) is 9.59 Å². The van der Waals surface area contributed by atoms with E-state index in [0.29, 0.717) is 13.0 Å². The van der Waals surface area contributed by atoms with Crippen molar-refractivity contribution in [3.8, 4) is 0 Å². The topological polar surface area (TPSA) is 49.4 Å². The number of amides is 2. The Morgan fingerprint density at radius 1 is 0.750 bits per heavy atom. The molecule has 0 saturated carbocycles. The average molecular weight is 429 g/mol. The highest BCUT2D eigenvalue weighted by atomic mass is 16.2. The molecular formula is C28H32N2O2. The molecule has 3 rings (SSSR count). The highest BCUT2D eigenvalue weighted by Crippen LogP contribution is 2.17. The van der Waals surface area contributed by atoms with Crippen LogP contribution in [-0.4, -0.2) is 28.3 Å². The van der Waals surface area contributed by atoms with E-state index in [-0.39, 0.29) is 18.2 Å². The van der Waals surface area contributed by atoms with Crippen molar-refractivity contribution in [1.82, 2.24) is 10.2 Å². The molecule has 0 aliphatic rings. The van der Waals surface area contributed by atoms with Crippen molar-refractivity contribution in [2.24, 2.45) is 0 Å². The van der Waals surface area contributed by atoms with Gasteiger partial charge in [0.2, 0.25) is 11.8 Å². The first-order chi connectivity index (χ1) is 15.3. The number of rotatable bonds is 8. The predicted octanol–water partition coefficient (Wildman–Crippen LogP) is 4.78. The van der Waals surface area contributed by atoms with Gasteiger partial charge in [-0.15, -0.1) is 0 Å². The van der Waals surface area contributed by atoms with Crippen LogP contribution in [0.15, 0.2) is 91.0 Å². The first-order valence-electron chi connectivity index (χ1n) is 11.0. The van der Waals surface area contributed by atoms with Crippen LogP contribution >= 0.6 is 0 Å². The Morgan fingerprint density at radius 3 is 1.72 bits per heavy atom. The molecular weight excluding hydrogens is 396 g/mol. The summed E-state index contributed by atoms with van der Waals surface area (Å²) < 4.78 is 0. The molecule has 0 fully saturated rings. The van der Waals surface area contributed by atoms with Gasteiger partial charge in [-0.25, -0.2) is 0 Å². The molecule has 0 saturated heterocycles. The van der Waals surface area contributed by atoms with Crippen molar-refractivity contribution in [1.29, 1.82) is 0 Å². The van der Waals surface area contributed by atoms with E-state index in [1.807, 2.05) is 112 Å². The molecule has 32 heavy (non-hydrogen) atoms. The molecule has 0 heterocycles. The fraction of sp³-hybridized carbons (Fsp3) is 0.286. The van der Waals surface area contributed by atoms with Crippen molar-refractivity contribution < 1.29 is 9.59 Å². The quantitative estimate of drug-likeness (QED) is 0.561. The predicted molar refractivity (Wildman–Crippen MR) is 129 cm³/mol. The van der Waals surface area contributed by atoms with Crippen molar-refractivity contribution in [2.75, 3.05) is 0 Å². The van der Waals surface area contributed by atoms with Gasteiger partial charge < -0.3 is 10.2 Å². The summed E-state index contributed by atoms with van der Waals surface area (Å²) in [5.74, 6) is -0.205. The molecule has 3 aromatic carbocycles. The summed E-state index contributed by atoms with van der Waals surface area (Å²) in [7, 11) is 0. The van der Waals surface area contributed by atoms with Gasteiger partial charge in [-0.05, 0) is 37.5 Å². The summed E-state index contributed by atoms with van der Waals surface area (Å²) in [5, 5.41) is 3.09. The Morgan fingerprint density at radius 2 is 1.22 bits per heavy atom. The van der Waals surface area contributed by atoms with Gasteiger partial charge in [0.1, 0.15) is 6.04 Å². The number of nitrogens with one attached hydrogen (secondary N) is 1. The maximum absolute atomic E-state index is 13.6. The zero-order chi connectivity index (χ0) is 23.0. The van der Waals surface area contributed by atoms with Gasteiger partial charge in [0, 0.05) is 18.5 Å². The zero-order valence-electron chi connectivity index (χ0n) is 19.1. The van der Waals surface area contributed by atoms with Gasteiger partial charge in [-0.2, -0.15) is 0 Å². The van der Waals surface area contributed by atoms with E-state index in [1.54, 1.807) is 4.90 Å². The van der Waals surface area contributed by atoms with Crippen LogP contribution in [0, 0.1) is 0 Å². The number of hydrogen-bond donors (Lipinski definition) is 1. The molecule has 4 nitrogen and oxygen atoms in total. The molecule has 0 aliphatic heterocycles. The normalized spacial score (nSPS) is 12.1. The second kappa shape index (κ2) is 10.8. The van der Waals surface area contributed by atoms with Crippen molar-refractivity contribution in [2.45, 2.75) is 51.7 Å². The van der Waals surface area contributed by atoms with Gasteiger partial charge in [-0.1, -0.05) is 91.0 Å². The Kier molecular flexibility index (Phi) is 7.82. The molecule has 0 aliphatic carbocycles. The van der Waals surface area contributed by atoms with E-state index in [0.717, 1.165) is 16.7 Å². The van der Waals surface area contributed by atoms with E-state index >= 15 is 0 Å². The highest BCUT2D eigenvalue weighted by molar-refractivity contribution is 5.89. The lowest BCUT2D eigenvalue weighted by atomic mass is 10.00. The molecule has 3 aromatic rings. The van der Waals surface area contributed by atoms with Crippen molar-refractivity contribution in [3.63, 3.8) is 0 Å². The Hall–Kier alpha value is -3.40. The second-order valence-electron chi connectivity index (χ2n) is 9.11. The smallest absolute Gasteiger partial charge is 0.243 e. The molecule has 4 heteroatoms. The summed E-state index contributed by atoms with van der Waals surface area (Å²) in [6.07, 6.45) is 0.706. The van der Waals surface area contributed by atoms with Gasteiger partial charge in [0.05, 0.1) is 6.42 Å². The summed E-state index contributed by atoms with van der Waals surface area (Å²) in [5.41, 5.74) is 2.56. The molecule has 1 N–H and O–H groups in total. The van der Waals surface area contributed by atoms with Gasteiger partial charge >= 0.3 is 0 Å². The molecule has 1 atom stereocenters. The second-order valence-corrected chi connectivity index (χ2v) is 9.11. The molecule has 0 unspecified atom stereocenters. The number of nitrogens with zero attached hydrogens (tertiary/aromatic N) is 1. The maximum Gasteiger partial charge on any atom is 0.243 e. The van der Waals surface area contributed by atoms with Crippen LogP contribution in [0.4, 0.5) is 0 Å².